The zero-order valence-corrected chi connectivity index (χ0v) is 10.4. The largest absolute Gasteiger partial charge is 0.324 e. The number of nitro groups is 1. The van der Waals surface area contributed by atoms with E-state index in [9.17, 15) is 10.1 Å². The van der Waals surface area contributed by atoms with Gasteiger partial charge in [0.1, 0.15) is 0 Å². The van der Waals surface area contributed by atoms with E-state index in [0.29, 0.717) is 6.54 Å². The van der Waals surface area contributed by atoms with Crippen LogP contribution >= 0.6 is 11.3 Å². The van der Waals surface area contributed by atoms with Crippen molar-refractivity contribution in [2.75, 3.05) is 26.7 Å². The second-order valence-corrected chi connectivity index (χ2v) is 4.72. The molecule has 6 heteroatoms. The molecule has 0 amide bonds. The van der Waals surface area contributed by atoms with Crippen molar-refractivity contribution in [3.05, 3.63) is 27.1 Å². The Morgan fingerprint density at radius 3 is 2.88 bits per heavy atom. The smallest absolute Gasteiger partial charge is 0.311 e. The van der Waals surface area contributed by atoms with Gasteiger partial charge in [-0.1, -0.05) is 18.3 Å². The van der Waals surface area contributed by atoms with Gasteiger partial charge in [0, 0.05) is 30.6 Å². The van der Waals surface area contributed by atoms with Gasteiger partial charge in [0.25, 0.3) is 0 Å². The van der Waals surface area contributed by atoms with Crippen molar-refractivity contribution in [3.8, 4) is 0 Å². The third kappa shape index (κ3) is 4.26. The Hall–Kier alpha value is -0.980. The molecule has 0 aromatic carbocycles. The summed E-state index contributed by atoms with van der Waals surface area (Å²) in [6.07, 6.45) is 0. The molecule has 1 rings (SSSR count). The molecule has 0 aliphatic rings. The van der Waals surface area contributed by atoms with Crippen LogP contribution in [-0.4, -0.2) is 36.5 Å². The number of nitrogens with one attached hydrogen (secondary N) is 1. The maximum absolute atomic E-state index is 10.5. The summed E-state index contributed by atoms with van der Waals surface area (Å²) in [5.41, 5.74) is 0. The highest BCUT2D eigenvalue weighted by Crippen LogP contribution is 2.23. The molecular formula is C10H17N3O2S. The van der Waals surface area contributed by atoms with Crippen molar-refractivity contribution in [3.63, 3.8) is 0 Å². The van der Waals surface area contributed by atoms with Gasteiger partial charge in [-0.15, -0.1) is 0 Å². The molecule has 0 fully saturated rings. The Morgan fingerprint density at radius 2 is 2.31 bits per heavy atom. The minimum atomic E-state index is -0.348. The van der Waals surface area contributed by atoms with Gasteiger partial charge < -0.3 is 10.2 Å². The fraction of sp³-hybridized carbons (Fsp3) is 0.600. The van der Waals surface area contributed by atoms with Crippen molar-refractivity contribution >= 4 is 16.3 Å². The fourth-order valence-corrected chi connectivity index (χ4v) is 1.99. The number of hydrogen-bond donors (Lipinski definition) is 1. The molecule has 0 aliphatic heterocycles. The van der Waals surface area contributed by atoms with Crippen molar-refractivity contribution in [2.24, 2.45) is 0 Å². The molecule has 0 unspecified atom stereocenters. The molecule has 1 aromatic rings. The standard InChI is InChI=1S/C10H17N3O2S/c1-3-12(2)7-6-11-8-9-4-5-10(16-9)13(14)15/h4-5,11H,3,6-8H2,1-2H3. The molecule has 0 bridgehead atoms. The van der Waals surface area contributed by atoms with Crippen LogP contribution in [0.1, 0.15) is 11.8 Å². The van der Waals surface area contributed by atoms with E-state index >= 15 is 0 Å². The molecule has 0 saturated carbocycles. The van der Waals surface area contributed by atoms with Crippen LogP contribution in [0, 0.1) is 10.1 Å². The van der Waals surface area contributed by atoms with Gasteiger partial charge in [0.2, 0.25) is 0 Å². The van der Waals surface area contributed by atoms with Crippen LogP contribution in [0.2, 0.25) is 0 Å². The van der Waals surface area contributed by atoms with Crippen LogP contribution < -0.4 is 5.32 Å². The Balaban J connectivity index is 2.24. The first-order valence-corrected chi connectivity index (χ1v) is 6.07. The first kappa shape index (κ1) is 13.1. The summed E-state index contributed by atoms with van der Waals surface area (Å²) in [6.45, 7) is 5.74. The van der Waals surface area contributed by atoms with Crippen LogP contribution in [0.5, 0.6) is 0 Å². The third-order valence-corrected chi connectivity index (χ3v) is 3.37. The van der Waals surface area contributed by atoms with E-state index < -0.39 is 0 Å². The molecule has 5 nitrogen and oxygen atoms in total. The SMILES string of the molecule is CCN(C)CCNCc1ccc([N+](=O)[O-])s1. The summed E-state index contributed by atoms with van der Waals surface area (Å²) in [6, 6.07) is 3.36. The monoisotopic (exact) mass is 243 g/mol. The van der Waals surface area contributed by atoms with Crippen molar-refractivity contribution in [1.29, 1.82) is 0 Å². The van der Waals surface area contributed by atoms with Crippen LogP contribution in [0.25, 0.3) is 0 Å². The minimum Gasteiger partial charge on any atom is -0.311 e. The third-order valence-electron chi connectivity index (χ3n) is 2.34. The van der Waals surface area contributed by atoms with E-state index in [1.165, 1.54) is 11.3 Å². The van der Waals surface area contributed by atoms with Gasteiger partial charge in [-0.25, -0.2) is 0 Å². The summed E-state index contributed by atoms with van der Waals surface area (Å²) in [5.74, 6) is 0. The molecule has 0 radical (unpaired) electrons. The lowest BCUT2D eigenvalue weighted by Gasteiger charge is -2.13. The Bertz CT molecular complexity index is 341. The normalized spacial score (nSPS) is 10.9. The predicted molar refractivity (Wildman–Crippen MR) is 65.9 cm³/mol. The van der Waals surface area contributed by atoms with E-state index in [1.807, 2.05) is 0 Å². The van der Waals surface area contributed by atoms with Crippen LogP contribution in [-0.2, 0) is 6.54 Å². The van der Waals surface area contributed by atoms with Gasteiger partial charge in [0.05, 0.1) is 4.92 Å². The fourth-order valence-electron chi connectivity index (χ4n) is 1.20. The molecule has 1 heterocycles. The summed E-state index contributed by atoms with van der Waals surface area (Å²) in [5, 5.41) is 13.9. The van der Waals surface area contributed by atoms with E-state index in [0.717, 1.165) is 24.5 Å². The summed E-state index contributed by atoms with van der Waals surface area (Å²) >= 11 is 1.23. The number of likely N-dealkylation sites (N-methyl/N-ethyl adjacent to an activating group) is 1. The Kier molecular flexibility index (Phi) is 5.37. The van der Waals surface area contributed by atoms with Gasteiger partial charge in [0.15, 0.2) is 0 Å². The minimum absolute atomic E-state index is 0.211. The summed E-state index contributed by atoms with van der Waals surface area (Å²) in [4.78, 5) is 13.3. The Labute approximate surface area is 99.2 Å². The van der Waals surface area contributed by atoms with Gasteiger partial charge in [-0.05, 0) is 19.7 Å². The lowest BCUT2D eigenvalue weighted by atomic mass is 10.4. The zero-order valence-electron chi connectivity index (χ0n) is 9.60. The topological polar surface area (TPSA) is 58.4 Å². The average molecular weight is 243 g/mol. The lowest BCUT2D eigenvalue weighted by Crippen LogP contribution is -2.28. The molecule has 0 saturated heterocycles. The van der Waals surface area contributed by atoms with E-state index in [4.69, 9.17) is 0 Å². The maximum Gasteiger partial charge on any atom is 0.324 e. The molecule has 1 aromatic heterocycles. The van der Waals surface area contributed by atoms with E-state index in [2.05, 4.69) is 24.2 Å². The highest BCUT2D eigenvalue weighted by atomic mass is 32.1. The zero-order chi connectivity index (χ0) is 12.0. The first-order chi connectivity index (χ1) is 7.63. The van der Waals surface area contributed by atoms with E-state index in [-0.39, 0.29) is 9.92 Å². The van der Waals surface area contributed by atoms with Crippen molar-refractivity contribution in [1.82, 2.24) is 10.2 Å². The second kappa shape index (κ2) is 6.57. The van der Waals surface area contributed by atoms with Crippen molar-refractivity contribution < 1.29 is 4.92 Å². The van der Waals surface area contributed by atoms with Crippen LogP contribution in [0.15, 0.2) is 12.1 Å². The van der Waals surface area contributed by atoms with Gasteiger partial charge in [-0.3, -0.25) is 10.1 Å². The molecule has 16 heavy (non-hydrogen) atoms. The quantitative estimate of drug-likeness (QED) is 0.450. The highest BCUT2D eigenvalue weighted by Gasteiger charge is 2.08. The van der Waals surface area contributed by atoms with E-state index in [1.54, 1.807) is 12.1 Å². The van der Waals surface area contributed by atoms with Crippen molar-refractivity contribution in [2.45, 2.75) is 13.5 Å². The summed E-state index contributed by atoms with van der Waals surface area (Å²) in [7, 11) is 2.07. The van der Waals surface area contributed by atoms with Crippen LogP contribution in [0.4, 0.5) is 5.00 Å². The summed E-state index contributed by atoms with van der Waals surface area (Å²) < 4.78 is 0. The lowest BCUT2D eigenvalue weighted by molar-refractivity contribution is -0.380. The predicted octanol–water partition coefficient (Wildman–Crippen LogP) is 1.70. The van der Waals surface area contributed by atoms with Crippen LogP contribution in [0.3, 0.4) is 0 Å². The number of rotatable bonds is 7. The van der Waals surface area contributed by atoms with Gasteiger partial charge >= 0.3 is 5.00 Å². The Morgan fingerprint density at radius 1 is 1.56 bits per heavy atom. The molecule has 0 spiro atoms. The first-order valence-electron chi connectivity index (χ1n) is 5.26. The number of thiophene rings is 1. The number of nitrogens with zero attached hydrogens (tertiary/aromatic N) is 2. The molecule has 0 aliphatic carbocycles. The number of hydrogen-bond acceptors (Lipinski definition) is 5. The molecular weight excluding hydrogens is 226 g/mol. The molecule has 90 valence electrons. The average Bonchev–Trinajstić information content (AvgIpc) is 2.72. The molecule has 1 N–H and O–H groups in total. The maximum atomic E-state index is 10.5. The van der Waals surface area contributed by atoms with Gasteiger partial charge in [-0.2, -0.15) is 0 Å². The second-order valence-electron chi connectivity index (χ2n) is 3.57. The highest BCUT2D eigenvalue weighted by molar-refractivity contribution is 7.15. The molecule has 0 atom stereocenters.